The first-order valence-corrected chi connectivity index (χ1v) is 6.30. The van der Waals surface area contributed by atoms with Crippen molar-refractivity contribution in [1.29, 1.82) is 5.26 Å². The normalized spacial score (nSPS) is 10.3. The van der Waals surface area contributed by atoms with Crippen LogP contribution in [0.4, 0.5) is 8.78 Å². The molecule has 0 aliphatic carbocycles. The fourth-order valence-electron chi connectivity index (χ4n) is 1.82. The van der Waals surface area contributed by atoms with Gasteiger partial charge < -0.3 is 5.32 Å². The predicted octanol–water partition coefficient (Wildman–Crippen LogP) is 3.78. The van der Waals surface area contributed by atoms with Crippen molar-refractivity contribution >= 4 is 11.6 Å². The van der Waals surface area contributed by atoms with Gasteiger partial charge >= 0.3 is 0 Å². The Labute approximate surface area is 120 Å². The van der Waals surface area contributed by atoms with E-state index in [1.165, 1.54) is 24.3 Å². The minimum Gasteiger partial charge on any atom is -0.309 e. The monoisotopic (exact) mass is 292 g/mol. The molecule has 0 saturated heterocycles. The molecule has 1 N–H and O–H groups in total. The Kier molecular flexibility index (Phi) is 4.67. The highest BCUT2D eigenvalue weighted by molar-refractivity contribution is 6.30. The minimum atomic E-state index is -0.459. The first-order valence-electron chi connectivity index (χ1n) is 5.92. The van der Waals surface area contributed by atoms with Gasteiger partial charge in [0.05, 0.1) is 16.7 Å². The van der Waals surface area contributed by atoms with Gasteiger partial charge in [-0.05, 0) is 41.5 Å². The molecule has 2 rings (SSSR count). The molecule has 0 amide bonds. The molecule has 0 spiro atoms. The van der Waals surface area contributed by atoms with E-state index in [1.807, 2.05) is 6.07 Å². The van der Waals surface area contributed by atoms with E-state index in [0.29, 0.717) is 18.7 Å². The van der Waals surface area contributed by atoms with Crippen LogP contribution in [0.25, 0.3) is 0 Å². The summed E-state index contributed by atoms with van der Waals surface area (Å²) in [4.78, 5) is 0. The van der Waals surface area contributed by atoms with Gasteiger partial charge in [0.15, 0.2) is 0 Å². The van der Waals surface area contributed by atoms with Crippen molar-refractivity contribution in [3.63, 3.8) is 0 Å². The molecule has 0 radical (unpaired) electrons. The van der Waals surface area contributed by atoms with Crippen LogP contribution < -0.4 is 5.32 Å². The topological polar surface area (TPSA) is 35.8 Å². The van der Waals surface area contributed by atoms with Crippen molar-refractivity contribution in [1.82, 2.24) is 5.32 Å². The second-order valence-corrected chi connectivity index (χ2v) is 4.72. The van der Waals surface area contributed by atoms with Crippen molar-refractivity contribution < 1.29 is 8.78 Å². The van der Waals surface area contributed by atoms with Crippen LogP contribution in [0.15, 0.2) is 36.4 Å². The second kappa shape index (κ2) is 6.47. The lowest BCUT2D eigenvalue weighted by molar-refractivity contribution is 0.617. The smallest absolute Gasteiger partial charge is 0.141 e. The first kappa shape index (κ1) is 14.4. The molecule has 0 bridgehead atoms. The lowest BCUT2D eigenvalue weighted by Gasteiger charge is -2.06. The van der Waals surface area contributed by atoms with E-state index >= 15 is 0 Å². The van der Waals surface area contributed by atoms with Crippen molar-refractivity contribution in [3.8, 4) is 6.07 Å². The zero-order chi connectivity index (χ0) is 14.5. The Balaban J connectivity index is 1.97. The third-order valence-electron chi connectivity index (χ3n) is 2.73. The molecule has 0 unspecified atom stereocenters. The molecule has 0 aliphatic rings. The molecular formula is C15H11ClF2N2. The molecule has 2 aromatic carbocycles. The summed E-state index contributed by atoms with van der Waals surface area (Å²) in [5.41, 5.74) is 1.79. The number of halogens is 3. The quantitative estimate of drug-likeness (QED) is 0.931. The number of nitriles is 1. The van der Waals surface area contributed by atoms with Crippen LogP contribution in [0.2, 0.25) is 5.02 Å². The standard InChI is InChI=1S/C15H11ClF2N2/c16-14-6-10(1-2-15(14)18)8-20-9-12-3-11(7-19)4-13(17)5-12/h1-6,20H,8-9H2. The summed E-state index contributed by atoms with van der Waals surface area (Å²) in [6.07, 6.45) is 0. The Morgan fingerprint density at radius 3 is 2.50 bits per heavy atom. The number of rotatable bonds is 4. The van der Waals surface area contributed by atoms with Gasteiger partial charge in [-0.1, -0.05) is 17.7 Å². The molecule has 2 aromatic rings. The zero-order valence-electron chi connectivity index (χ0n) is 10.5. The number of nitrogens with zero attached hydrogens (tertiary/aromatic N) is 1. The van der Waals surface area contributed by atoms with Crippen molar-refractivity contribution in [2.45, 2.75) is 13.1 Å². The van der Waals surface area contributed by atoms with E-state index in [2.05, 4.69) is 5.32 Å². The highest BCUT2D eigenvalue weighted by Crippen LogP contribution is 2.16. The van der Waals surface area contributed by atoms with Crippen LogP contribution in [0, 0.1) is 23.0 Å². The van der Waals surface area contributed by atoms with Gasteiger partial charge in [-0.25, -0.2) is 8.78 Å². The third-order valence-corrected chi connectivity index (χ3v) is 3.02. The summed E-state index contributed by atoms with van der Waals surface area (Å²) < 4.78 is 26.2. The van der Waals surface area contributed by atoms with Gasteiger partial charge in [0.1, 0.15) is 11.6 Å². The van der Waals surface area contributed by atoms with Crippen LogP contribution in [0.5, 0.6) is 0 Å². The Morgan fingerprint density at radius 2 is 1.80 bits per heavy atom. The molecule has 0 fully saturated rings. The molecular weight excluding hydrogens is 282 g/mol. The van der Waals surface area contributed by atoms with Crippen molar-refractivity contribution in [2.75, 3.05) is 0 Å². The molecule has 2 nitrogen and oxygen atoms in total. The number of benzene rings is 2. The third kappa shape index (κ3) is 3.77. The molecule has 0 aromatic heterocycles. The van der Waals surface area contributed by atoms with Crippen LogP contribution in [-0.2, 0) is 13.1 Å². The SMILES string of the molecule is N#Cc1cc(F)cc(CNCc2ccc(F)c(Cl)c2)c1. The van der Waals surface area contributed by atoms with E-state index in [-0.39, 0.29) is 10.6 Å². The lowest BCUT2D eigenvalue weighted by Crippen LogP contribution is -2.13. The van der Waals surface area contributed by atoms with Gasteiger partial charge in [-0.2, -0.15) is 5.26 Å². The van der Waals surface area contributed by atoms with E-state index in [0.717, 1.165) is 5.56 Å². The molecule has 0 atom stereocenters. The van der Waals surface area contributed by atoms with E-state index < -0.39 is 11.6 Å². The van der Waals surface area contributed by atoms with Gasteiger partial charge in [0.25, 0.3) is 0 Å². The first-order chi connectivity index (χ1) is 9.58. The molecule has 102 valence electrons. The average Bonchev–Trinajstić information content (AvgIpc) is 2.42. The van der Waals surface area contributed by atoms with Crippen LogP contribution in [-0.4, -0.2) is 0 Å². The molecule has 0 heterocycles. The van der Waals surface area contributed by atoms with E-state index in [4.69, 9.17) is 16.9 Å². The fraction of sp³-hybridized carbons (Fsp3) is 0.133. The molecule has 20 heavy (non-hydrogen) atoms. The Hall–Kier alpha value is -1.96. The van der Waals surface area contributed by atoms with Crippen LogP contribution in [0.3, 0.4) is 0 Å². The average molecular weight is 293 g/mol. The van der Waals surface area contributed by atoms with Gasteiger partial charge in [0.2, 0.25) is 0 Å². The highest BCUT2D eigenvalue weighted by atomic mass is 35.5. The summed E-state index contributed by atoms with van der Waals surface area (Å²) in [5.74, 6) is -0.898. The van der Waals surface area contributed by atoms with E-state index in [1.54, 1.807) is 12.1 Å². The maximum atomic E-state index is 13.2. The summed E-state index contributed by atoms with van der Waals surface area (Å²) in [6.45, 7) is 0.875. The van der Waals surface area contributed by atoms with Gasteiger partial charge in [-0.15, -0.1) is 0 Å². The predicted molar refractivity (Wildman–Crippen MR) is 73.1 cm³/mol. The maximum Gasteiger partial charge on any atom is 0.141 e. The lowest BCUT2D eigenvalue weighted by atomic mass is 10.1. The van der Waals surface area contributed by atoms with Crippen LogP contribution >= 0.6 is 11.6 Å². The number of nitrogens with one attached hydrogen (secondary N) is 1. The molecule has 0 aliphatic heterocycles. The van der Waals surface area contributed by atoms with Gasteiger partial charge in [-0.3, -0.25) is 0 Å². The van der Waals surface area contributed by atoms with Crippen molar-refractivity contribution in [3.05, 3.63) is 69.7 Å². The van der Waals surface area contributed by atoms with Crippen LogP contribution in [0.1, 0.15) is 16.7 Å². The second-order valence-electron chi connectivity index (χ2n) is 4.31. The maximum absolute atomic E-state index is 13.2. The molecule has 5 heteroatoms. The number of hydrogen-bond acceptors (Lipinski definition) is 2. The summed E-state index contributed by atoms with van der Waals surface area (Å²) in [5, 5.41) is 11.9. The largest absolute Gasteiger partial charge is 0.309 e. The summed E-state index contributed by atoms with van der Waals surface area (Å²) >= 11 is 5.68. The fourth-order valence-corrected chi connectivity index (χ4v) is 2.02. The number of hydrogen-bond donors (Lipinski definition) is 1. The summed E-state index contributed by atoms with van der Waals surface area (Å²) in [6, 6.07) is 10.5. The Morgan fingerprint density at radius 1 is 1.05 bits per heavy atom. The van der Waals surface area contributed by atoms with E-state index in [9.17, 15) is 8.78 Å². The summed E-state index contributed by atoms with van der Waals surface area (Å²) in [7, 11) is 0. The zero-order valence-corrected chi connectivity index (χ0v) is 11.2. The van der Waals surface area contributed by atoms with Gasteiger partial charge in [0, 0.05) is 13.1 Å². The minimum absolute atomic E-state index is 0.0711. The Bertz CT molecular complexity index is 665. The highest BCUT2D eigenvalue weighted by Gasteiger charge is 2.02. The van der Waals surface area contributed by atoms with Crippen molar-refractivity contribution in [2.24, 2.45) is 0 Å². The molecule has 0 saturated carbocycles.